The molecule has 4 heterocycles. The van der Waals surface area contributed by atoms with Crippen LogP contribution in [0.4, 0.5) is 0 Å². The van der Waals surface area contributed by atoms with Crippen LogP contribution >= 0.6 is 27.3 Å². The molecule has 3 aliphatic rings. The summed E-state index contributed by atoms with van der Waals surface area (Å²) >= 11 is -1.67. The van der Waals surface area contributed by atoms with E-state index in [0.717, 1.165) is 0 Å². The second-order valence-corrected chi connectivity index (χ2v) is 24.1. The van der Waals surface area contributed by atoms with E-state index in [4.69, 9.17) is 19.4 Å². The molecule has 0 aromatic carbocycles. The predicted molar refractivity (Wildman–Crippen MR) is 225 cm³/mol. The van der Waals surface area contributed by atoms with E-state index >= 15 is 0 Å². The van der Waals surface area contributed by atoms with Crippen LogP contribution < -0.4 is 0 Å². The van der Waals surface area contributed by atoms with Gasteiger partial charge in [0, 0.05) is 57.5 Å². The smallest absolute Gasteiger partial charge is 0.0273 e. The van der Waals surface area contributed by atoms with E-state index in [9.17, 15) is 0 Å². The van der Waals surface area contributed by atoms with Crippen LogP contribution in [0.3, 0.4) is 0 Å². The summed E-state index contributed by atoms with van der Waals surface area (Å²) in [5.74, 6) is 0. The van der Waals surface area contributed by atoms with E-state index in [1.54, 1.807) is 146 Å². The van der Waals surface area contributed by atoms with Gasteiger partial charge in [-0.05, 0) is 148 Å². The zero-order valence-electron chi connectivity index (χ0n) is 31.6. The number of nitrogens with zero attached hydrogens (tertiary/aromatic N) is 4. The Hall–Kier alpha value is -2.12. The van der Waals surface area contributed by atoms with Gasteiger partial charge in [-0.15, -0.1) is 0 Å². The fourth-order valence-electron chi connectivity index (χ4n) is 7.68. The van der Waals surface area contributed by atoms with Gasteiger partial charge in [0.15, 0.2) is 0 Å². The van der Waals surface area contributed by atoms with Gasteiger partial charge >= 0.3 is 69.4 Å². The number of aromatic nitrogens is 4. The Morgan fingerprint density at radius 2 is 0.750 bits per heavy atom. The van der Waals surface area contributed by atoms with E-state index in [2.05, 4.69) is 45.0 Å². The van der Waals surface area contributed by atoms with Gasteiger partial charge in [-0.3, -0.25) is 19.9 Å². The van der Waals surface area contributed by atoms with Crippen LogP contribution in [0.15, 0.2) is 104 Å². The molecule has 0 bridgehead atoms. The van der Waals surface area contributed by atoms with Gasteiger partial charge in [0.1, 0.15) is 0 Å². The molecule has 7 rings (SSSR count). The van der Waals surface area contributed by atoms with Crippen molar-refractivity contribution in [1.82, 2.24) is 19.9 Å². The fraction of sp³-hybridized carbons (Fsp3) is 0.500. The molecule has 0 unspecified atom stereocenters. The molecule has 0 spiro atoms. The molecule has 52 heavy (non-hydrogen) atoms. The molecular weight excluding hydrogens is 787 g/mol. The molecule has 0 saturated heterocycles. The Morgan fingerprint density at radius 1 is 0.500 bits per heavy atom. The van der Waals surface area contributed by atoms with E-state index in [1.807, 2.05) is 54.6 Å². The van der Waals surface area contributed by atoms with Crippen molar-refractivity contribution >= 4 is 31.6 Å². The van der Waals surface area contributed by atoms with Crippen LogP contribution in [0.2, 0.25) is 0 Å². The van der Waals surface area contributed by atoms with Crippen LogP contribution in [0.5, 0.6) is 0 Å². The molecule has 4 aromatic rings. The summed E-state index contributed by atoms with van der Waals surface area (Å²) in [6.07, 6.45) is 40.0. The Kier molecular flexibility index (Phi) is 19.9. The molecule has 282 valence electrons. The number of allylic oxidation sites excluding steroid dienone is 1. The summed E-state index contributed by atoms with van der Waals surface area (Å²) in [6, 6.07) is 15.9. The van der Waals surface area contributed by atoms with E-state index < -0.39 is 13.5 Å². The summed E-state index contributed by atoms with van der Waals surface area (Å²) < 4.78 is 2.93. The molecular formula is C44H60Cl2N4PRu+. The monoisotopic (exact) mass is 847 g/mol. The third kappa shape index (κ3) is 16.5. The minimum Gasteiger partial charge on any atom is -0.265 e. The van der Waals surface area contributed by atoms with Gasteiger partial charge in [0.05, 0.1) is 17.0 Å². The molecule has 3 saturated carbocycles. The predicted octanol–water partition coefficient (Wildman–Crippen LogP) is 13.4. The number of halogens is 2. The maximum atomic E-state index is 5.55. The average Bonchev–Trinajstić information content (AvgIpc) is 3.20. The number of rotatable bonds is 5. The maximum absolute atomic E-state index is 5.55. The van der Waals surface area contributed by atoms with Gasteiger partial charge in [-0.25, -0.2) is 0 Å². The molecule has 0 atom stereocenters. The minimum absolute atomic E-state index is 0.0465. The van der Waals surface area contributed by atoms with Crippen LogP contribution in [-0.2, 0) is 13.5 Å². The second-order valence-electron chi connectivity index (χ2n) is 15.2. The van der Waals surface area contributed by atoms with Gasteiger partial charge in [-0.2, -0.15) is 0 Å². The fourth-order valence-corrected chi connectivity index (χ4v) is 14.3. The van der Waals surface area contributed by atoms with Gasteiger partial charge in [0.25, 0.3) is 0 Å². The van der Waals surface area contributed by atoms with E-state index in [-0.39, 0.29) is 13.3 Å². The first-order valence-electron chi connectivity index (χ1n) is 19.4. The molecule has 4 aromatic heterocycles. The van der Waals surface area contributed by atoms with Crippen LogP contribution in [0.25, 0.3) is 22.3 Å². The number of pyridine rings is 4. The SMILES string of the molecule is C1CCC([PH+](C2CCCCC2)C2CCCCC2)CC1.CC(C)(C)C=[C]=[Ru]([Cl])[Cl].c1cc(-c2ccncc2)ccn1.c1cc(-c2ccncc2)ccn1. The summed E-state index contributed by atoms with van der Waals surface area (Å²) in [5, 5.41) is 0. The van der Waals surface area contributed by atoms with Gasteiger partial charge in [-0.1, -0.05) is 19.3 Å². The first-order chi connectivity index (χ1) is 25.3. The Bertz CT molecular complexity index is 1370. The number of hydrogen-bond donors (Lipinski definition) is 0. The Morgan fingerprint density at radius 3 is 0.942 bits per heavy atom. The first-order valence-corrected chi connectivity index (χ1v) is 26.5. The summed E-state index contributed by atoms with van der Waals surface area (Å²) in [4.78, 5) is 15.8. The maximum Gasteiger partial charge on any atom is 0.0273 e. The molecule has 0 N–H and O–H groups in total. The summed E-state index contributed by atoms with van der Waals surface area (Å²) in [5.41, 5.74) is 8.54. The van der Waals surface area contributed by atoms with Crippen molar-refractivity contribution in [3.63, 3.8) is 0 Å². The van der Waals surface area contributed by atoms with E-state index in [0.29, 0.717) is 0 Å². The molecule has 4 nitrogen and oxygen atoms in total. The van der Waals surface area contributed by atoms with Crippen molar-refractivity contribution < 1.29 is 13.5 Å². The zero-order valence-corrected chi connectivity index (χ0v) is 35.8. The topological polar surface area (TPSA) is 51.6 Å². The van der Waals surface area contributed by atoms with Crippen LogP contribution in [-0.4, -0.2) is 41.2 Å². The normalized spacial score (nSPS) is 17.2. The molecule has 3 aliphatic carbocycles. The van der Waals surface area contributed by atoms with Crippen LogP contribution in [0, 0.1) is 5.41 Å². The van der Waals surface area contributed by atoms with Crippen molar-refractivity contribution in [3.8, 4) is 22.3 Å². The van der Waals surface area contributed by atoms with Crippen molar-refractivity contribution in [2.45, 2.75) is 134 Å². The largest absolute Gasteiger partial charge is 0.265 e. The second kappa shape index (κ2) is 24.3. The third-order valence-electron chi connectivity index (χ3n) is 10.2. The molecule has 0 radical (unpaired) electrons. The standard InChI is InChI=1S/C18H33P.2C10H8N2.C6H10.2ClH.Ru/c1-4-10-16(11-5-1)19(17-12-6-2-7-13-17)18-14-8-3-9-15-18;2*1-5-11-6-2-9(1)10-3-7-12-8-4-10;1-5-6(2,3)4;;;/h16-18H,1-15H2;2*1-8H;5H,2-4H3;2*1H;/q;;;;;;+2/p-1. The van der Waals surface area contributed by atoms with Gasteiger partial charge in [0.2, 0.25) is 0 Å². The van der Waals surface area contributed by atoms with E-state index in [1.165, 1.54) is 39.2 Å². The first kappa shape index (κ1) is 42.6. The van der Waals surface area contributed by atoms with Crippen molar-refractivity contribution in [2.24, 2.45) is 5.41 Å². The quantitative estimate of drug-likeness (QED) is 0.148. The van der Waals surface area contributed by atoms with Crippen molar-refractivity contribution in [1.29, 1.82) is 0 Å². The molecule has 3 fully saturated rings. The van der Waals surface area contributed by atoms with Crippen molar-refractivity contribution in [2.75, 3.05) is 0 Å². The zero-order chi connectivity index (χ0) is 36.9. The molecule has 8 heteroatoms. The molecule has 0 aliphatic heterocycles. The summed E-state index contributed by atoms with van der Waals surface area (Å²) in [6.45, 7) is 6.27. The Labute approximate surface area is 329 Å². The Balaban J connectivity index is 0.000000162. The summed E-state index contributed by atoms with van der Waals surface area (Å²) in [7, 11) is 11.1. The van der Waals surface area contributed by atoms with Crippen LogP contribution in [0.1, 0.15) is 117 Å². The van der Waals surface area contributed by atoms with Crippen molar-refractivity contribution in [3.05, 3.63) is 104 Å². The minimum atomic E-state index is -1.67. The number of hydrogen-bond acceptors (Lipinski definition) is 4. The molecule has 0 amide bonds. The van der Waals surface area contributed by atoms with Gasteiger partial charge < -0.3 is 0 Å². The average molecular weight is 848 g/mol. The third-order valence-corrected chi connectivity index (χ3v) is 16.3.